The minimum atomic E-state index is -0.324. The fourth-order valence-electron chi connectivity index (χ4n) is 3.17. The van der Waals surface area contributed by atoms with Crippen LogP contribution in [-0.4, -0.2) is 51.7 Å². The molecule has 1 aliphatic heterocycles. The van der Waals surface area contributed by atoms with E-state index in [4.69, 9.17) is 4.74 Å². The van der Waals surface area contributed by atoms with Crippen LogP contribution in [0.2, 0.25) is 0 Å². The summed E-state index contributed by atoms with van der Waals surface area (Å²) >= 11 is 0. The van der Waals surface area contributed by atoms with E-state index in [1.807, 2.05) is 0 Å². The van der Waals surface area contributed by atoms with E-state index in [-0.39, 0.29) is 11.9 Å². The van der Waals surface area contributed by atoms with Gasteiger partial charge in [-0.05, 0) is 18.6 Å². The predicted molar refractivity (Wildman–Crippen MR) is 91.9 cm³/mol. The van der Waals surface area contributed by atoms with Gasteiger partial charge in [0.25, 0.3) is 0 Å². The first kappa shape index (κ1) is 15.9. The van der Waals surface area contributed by atoms with E-state index in [9.17, 15) is 4.39 Å². The Balaban J connectivity index is 1.56. The van der Waals surface area contributed by atoms with E-state index in [1.165, 1.54) is 12.3 Å². The molecule has 1 aliphatic rings. The first-order valence-corrected chi connectivity index (χ1v) is 8.17. The summed E-state index contributed by atoms with van der Waals surface area (Å²) in [6, 6.07) is 3.64. The lowest BCUT2D eigenvalue weighted by Gasteiger charge is -2.13. The average molecular weight is 342 g/mol. The fourth-order valence-corrected chi connectivity index (χ4v) is 3.17. The number of nitrogens with one attached hydrogen (secondary N) is 2. The van der Waals surface area contributed by atoms with Crippen LogP contribution in [0.15, 0.2) is 36.9 Å². The maximum atomic E-state index is 13.5. The molecule has 7 nitrogen and oxygen atoms in total. The van der Waals surface area contributed by atoms with Gasteiger partial charge in [0.1, 0.15) is 23.0 Å². The second kappa shape index (κ2) is 6.73. The van der Waals surface area contributed by atoms with Crippen LogP contribution >= 0.6 is 0 Å². The van der Waals surface area contributed by atoms with Crippen LogP contribution in [0.25, 0.3) is 17.0 Å². The van der Waals surface area contributed by atoms with Crippen LogP contribution < -0.4 is 10.6 Å². The largest absolute Gasteiger partial charge is 0.383 e. The van der Waals surface area contributed by atoms with Gasteiger partial charge in [-0.2, -0.15) is 0 Å². The first-order valence-electron chi connectivity index (χ1n) is 8.17. The highest BCUT2D eigenvalue weighted by atomic mass is 19.1. The lowest BCUT2D eigenvalue weighted by atomic mass is 10.2. The van der Waals surface area contributed by atoms with Crippen molar-refractivity contribution in [3.8, 4) is 11.4 Å². The molecule has 1 fully saturated rings. The van der Waals surface area contributed by atoms with Crippen molar-refractivity contribution >= 4 is 11.5 Å². The van der Waals surface area contributed by atoms with Gasteiger partial charge in [0, 0.05) is 31.9 Å². The van der Waals surface area contributed by atoms with Crippen LogP contribution in [0, 0.1) is 5.82 Å². The Morgan fingerprint density at radius 2 is 2.28 bits per heavy atom. The van der Waals surface area contributed by atoms with E-state index in [0.717, 1.165) is 13.0 Å². The standard InChI is InChI=1S/C17H19FN6O/c1-25-10-13-4-12(5-20-13)22-16-8-19-6-14(23-16)15-7-21-17-3-2-11(18)9-24(15)17/h2-3,6-9,12-13,20H,4-5,10H2,1H3,(H,22,23). The Kier molecular flexibility index (Phi) is 4.29. The molecule has 2 atom stereocenters. The summed E-state index contributed by atoms with van der Waals surface area (Å²) in [7, 11) is 1.70. The number of rotatable bonds is 5. The summed E-state index contributed by atoms with van der Waals surface area (Å²) in [6.07, 6.45) is 7.38. The Morgan fingerprint density at radius 3 is 3.16 bits per heavy atom. The van der Waals surface area contributed by atoms with Gasteiger partial charge in [-0.3, -0.25) is 9.38 Å². The van der Waals surface area contributed by atoms with Crippen LogP contribution in [0.1, 0.15) is 6.42 Å². The van der Waals surface area contributed by atoms with Crippen molar-refractivity contribution in [2.24, 2.45) is 0 Å². The molecule has 0 aromatic carbocycles. The molecule has 0 aliphatic carbocycles. The van der Waals surface area contributed by atoms with E-state index in [0.29, 0.717) is 35.5 Å². The molecule has 0 spiro atoms. The van der Waals surface area contributed by atoms with Gasteiger partial charge in [0.2, 0.25) is 0 Å². The van der Waals surface area contributed by atoms with Crippen molar-refractivity contribution in [1.82, 2.24) is 24.7 Å². The highest BCUT2D eigenvalue weighted by Crippen LogP contribution is 2.21. The van der Waals surface area contributed by atoms with E-state index < -0.39 is 0 Å². The quantitative estimate of drug-likeness (QED) is 0.735. The monoisotopic (exact) mass is 342 g/mol. The number of aromatic nitrogens is 4. The minimum absolute atomic E-state index is 0.268. The third-order valence-electron chi connectivity index (χ3n) is 4.31. The third-order valence-corrected chi connectivity index (χ3v) is 4.31. The molecule has 2 N–H and O–H groups in total. The Labute approximate surface area is 144 Å². The molecule has 0 amide bonds. The van der Waals surface area contributed by atoms with E-state index in [2.05, 4.69) is 25.6 Å². The average Bonchev–Trinajstić information content (AvgIpc) is 3.22. The molecule has 1 saturated heterocycles. The van der Waals surface area contributed by atoms with Crippen molar-refractivity contribution in [1.29, 1.82) is 0 Å². The van der Waals surface area contributed by atoms with Gasteiger partial charge in [0.05, 0.1) is 30.9 Å². The van der Waals surface area contributed by atoms with Gasteiger partial charge in [-0.15, -0.1) is 0 Å². The molecule has 130 valence electrons. The van der Waals surface area contributed by atoms with Crippen molar-refractivity contribution < 1.29 is 9.13 Å². The van der Waals surface area contributed by atoms with Crippen molar-refractivity contribution in [3.63, 3.8) is 0 Å². The van der Waals surface area contributed by atoms with Crippen LogP contribution in [-0.2, 0) is 4.74 Å². The summed E-state index contributed by atoms with van der Waals surface area (Å²) in [4.78, 5) is 13.2. The fraction of sp³-hybridized carbons (Fsp3) is 0.353. The SMILES string of the molecule is COCC1CC(Nc2cncc(-c3cnc4ccc(F)cn34)n2)CN1. The number of nitrogens with zero attached hydrogens (tertiary/aromatic N) is 4. The molecular weight excluding hydrogens is 323 g/mol. The number of methoxy groups -OCH3 is 1. The minimum Gasteiger partial charge on any atom is -0.383 e. The van der Waals surface area contributed by atoms with Crippen molar-refractivity contribution in [2.45, 2.75) is 18.5 Å². The molecule has 4 heterocycles. The lowest BCUT2D eigenvalue weighted by molar-refractivity contribution is 0.173. The maximum absolute atomic E-state index is 13.5. The number of imidazole rings is 1. The lowest BCUT2D eigenvalue weighted by Crippen LogP contribution is -2.26. The third kappa shape index (κ3) is 3.31. The van der Waals surface area contributed by atoms with Crippen molar-refractivity contribution in [2.75, 3.05) is 25.6 Å². The van der Waals surface area contributed by atoms with Crippen molar-refractivity contribution in [3.05, 3.63) is 42.7 Å². The van der Waals surface area contributed by atoms with Crippen LogP contribution in [0.3, 0.4) is 0 Å². The van der Waals surface area contributed by atoms with E-state index >= 15 is 0 Å². The van der Waals surface area contributed by atoms with Gasteiger partial charge in [0.15, 0.2) is 0 Å². The number of halogens is 1. The second-order valence-electron chi connectivity index (χ2n) is 6.15. The molecule has 0 radical (unpaired) electrons. The molecule has 3 aromatic heterocycles. The van der Waals surface area contributed by atoms with Crippen LogP contribution in [0.5, 0.6) is 0 Å². The number of anilines is 1. The highest BCUT2D eigenvalue weighted by molar-refractivity contribution is 5.60. The molecule has 4 rings (SSSR count). The number of hydrogen-bond acceptors (Lipinski definition) is 6. The Morgan fingerprint density at radius 1 is 1.36 bits per heavy atom. The molecule has 0 saturated carbocycles. The number of fused-ring (bicyclic) bond motifs is 1. The van der Waals surface area contributed by atoms with Gasteiger partial charge in [-0.1, -0.05) is 0 Å². The maximum Gasteiger partial charge on any atom is 0.145 e. The summed E-state index contributed by atoms with van der Waals surface area (Å²) in [5.41, 5.74) is 2.01. The van der Waals surface area contributed by atoms with E-state index in [1.54, 1.807) is 36.2 Å². The molecule has 25 heavy (non-hydrogen) atoms. The molecule has 0 bridgehead atoms. The molecular formula is C17H19FN6O. The zero-order valence-corrected chi connectivity index (χ0v) is 13.8. The number of pyridine rings is 1. The topological polar surface area (TPSA) is 76.4 Å². The summed E-state index contributed by atoms with van der Waals surface area (Å²) < 4.78 is 20.4. The number of ether oxygens (including phenoxy) is 1. The Hall–Kier alpha value is -2.58. The normalized spacial score (nSPS) is 20.2. The zero-order valence-electron chi connectivity index (χ0n) is 13.8. The van der Waals surface area contributed by atoms with Crippen LogP contribution in [0.4, 0.5) is 10.2 Å². The predicted octanol–water partition coefficient (Wildman–Crippen LogP) is 1.72. The second-order valence-corrected chi connectivity index (χ2v) is 6.15. The zero-order chi connectivity index (χ0) is 17.2. The van der Waals surface area contributed by atoms with Gasteiger partial charge in [-0.25, -0.2) is 14.4 Å². The molecule has 8 heteroatoms. The van der Waals surface area contributed by atoms with Gasteiger partial charge < -0.3 is 15.4 Å². The summed E-state index contributed by atoms with van der Waals surface area (Å²) in [5, 5.41) is 6.80. The smallest absolute Gasteiger partial charge is 0.145 e. The highest BCUT2D eigenvalue weighted by Gasteiger charge is 2.24. The molecule has 3 aromatic rings. The molecule has 2 unspecified atom stereocenters. The summed E-state index contributed by atoms with van der Waals surface area (Å²) in [5.74, 6) is 0.365. The number of hydrogen-bond donors (Lipinski definition) is 2. The summed E-state index contributed by atoms with van der Waals surface area (Å²) in [6.45, 7) is 1.54. The van der Waals surface area contributed by atoms with Gasteiger partial charge >= 0.3 is 0 Å². The first-order chi connectivity index (χ1) is 12.2. The Bertz CT molecular complexity index is 882.